The summed E-state index contributed by atoms with van der Waals surface area (Å²) >= 11 is 3.23. The van der Waals surface area contributed by atoms with Gasteiger partial charge in [0.15, 0.2) is 6.29 Å². The van der Waals surface area contributed by atoms with Crippen LogP contribution in [0.15, 0.2) is 18.2 Å². The average Bonchev–Trinajstić information content (AvgIpc) is 2.27. The molecule has 0 saturated carbocycles. The molecule has 1 unspecified atom stereocenters. The molecule has 0 saturated heterocycles. The summed E-state index contributed by atoms with van der Waals surface area (Å²) in [5.41, 5.74) is 1.10. The number of non-ortho nitro benzene ring substituents is 1. The summed E-state index contributed by atoms with van der Waals surface area (Å²) in [4.78, 5) is 10.0. The summed E-state index contributed by atoms with van der Waals surface area (Å²) in [6, 6.07) is 4.29. The van der Waals surface area contributed by atoms with Gasteiger partial charge in [0.05, 0.1) is 4.92 Å². The largest absolute Gasteiger partial charge is 0.364 e. The minimum atomic E-state index is -1.14. The third kappa shape index (κ3) is 2.74. The Labute approximate surface area is 95.0 Å². The maximum atomic E-state index is 10.5. The van der Waals surface area contributed by atoms with Crippen LogP contribution >= 0.6 is 15.9 Å². The van der Waals surface area contributed by atoms with E-state index >= 15 is 0 Å². The predicted octanol–water partition coefficient (Wildman–Crippen LogP) is 2.13. The van der Waals surface area contributed by atoms with Gasteiger partial charge in [0.1, 0.15) is 0 Å². The van der Waals surface area contributed by atoms with E-state index in [1.807, 2.05) is 0 Å². The SMILES string of the molecule is COC(O)c1cc([N+](=O)[O-])ccc1CBr. The van der Waals surface area contributed by atoms with E-state index in [1.54, 1.807) is 6.07 Å². The molecule has 0 bridgehead atoms. The zero-order valence-electron chi connectivity index (χ0n) is 8.01. The van der Waals surface area contributed by atoms with Gasteiger partial charge in [-0.05, 0) is 5.56 Å². The maximum absolute atomic E-state index is 10.5. The second-order valence-electron chi connectivity index (χ2n) is 2.86. The quantitative estimate of drug-likeness (QED) is 0.395. The van der Waals surface area contributed by atoms with Crippen molar-refractivity contribution in [2.45, 2.75) is 11.6 Å². The van der Waals surface area contributed by atoms with Crippen molar-refractivity contribution >= 4 is 21.6 Å². The number of nitro benzene ring substituents is 1. The van der Waals surface area contributed by atoms with Gasteiger partial charge in [-0.1, -0.05) is 22.0 Å². The van der Waals surface area contributed by atoms with Gasteiger partial charge in [-0.15, -0.1) is 0 Å². The highest BCUT2D eigenvalue weighted by Gasteiger charge is 2.15. The van der Waals surface area contributed by atoms with Gasteiger partial charge in [-0.3, -0.25) is 10.1 Å². The molecule has 1 rings (SSSR count). The fourth-order valence-electron chi connectivity index (χ4n) is 1.17. The Hall–Kier alpha value is -0.980. The van der Waals surface area contributed by atoms with Gasteiger partial charge in [0, 0.05) is 30.1 Å². The molecule has 1 aromatic rings. The van der Waals surface area contributed by atoms with Gasteiger partial charge < -0.3 is 9.84 Å². The Morgan fingerprint density at radius 3 is 2.80 bits per heavy atom. The molecule has 82 valence electrons. The van der Waals surface area contributed by atoms with Gasteiger partial charge in [-0.2, -0.15) is 0 Å². The Bertz CT molecular complexity index is 369. The van der Waals surface area contributed by atoms with Crippen LogP contribution < -0.4 is 0 Å². The molecule has 1 N–H and O–H groups in total. The zero-order valence-corrected chi connectivity index (χ0v) is 9.60. The van der Waals surface area contributed by atoms with Crippen LogP contribution in [0.4, 0.5) is 5.69 Å². The lowest BCUT2D eigenvalue weighted by Crippen LogP contribution is -2.04. The molecule has 6 heteroatoms. The molecule has 1 atom stereocenters. The second kappa shape index (κ2) is 5.20. The van der Waals surface area contributed by atoms with Crippen LogP contribution in [0.3, 0.4) is 0 Å². The van der Waals surface area contributed by atoms with Crippen molar-refractivity contribution in [3.8, 4) is 0 Å². The number of nitrogens with zero attached hydrogens (tertiary/aromatic N) is 1. The van der Waals surface area contributed by atoms with E-state index in [0.29, 0.717) is 10.9 Å². The number of ether oxygens (including phenoxy) is 1. The molecule has 15 heavy (non-hydrogen) atoms. The second-order valence-corrected chi connectivity index (χ2v) is 3.42. The summed E-state index contributed by atoms with van der Waals surface area (Å²) in [6.45, 7) is 0. The Balaban J connectivity index is 3.18. The predicted molar refractivity (Wildman–Crippen MR) is 57.7 cm³/mol. The molecule has 0 heterocycles. The number of alkyl halides is 1. The Morgan fingerprint density at radius 2 is 2.33 bits per heavy atom. The molecule has 0 spiro atoms. The molecule has 5 nitrogen and oxygen atoms in total. The van der Waals surface area contributed by atoms with E-state index in [0.717, 1.165) is 5.56 Å². The first-order valence-corrected chi connectivity index (χ1v) is 5.26. The standard InChI is InChI=1S/C9H10BrNO4/c1-15-9(12)8-4-7(11(13)14)3-2-6(8)5-10/h2-4,9,12H,5H2,1H3. The molecule has 0 aliphatic rings. The van der Waals surface area contributed by atoms with E-state index in [-0.39, 0.29) is 5.69 Å². The van der Waals surface area contributed by atoms with Gasteiger partial charge in [0.2, 0.25) is 0 Å². The van der Waals surface area contributed by atoms with Crippen LogP contribution in [0.2, 0.25) is 0 Å². The Morgan fingerprint density at radius 1 is 1.67 bits per heavy atom. The zero-order chi connectivity index (χ0) is 11.4. The monoisotopic (exact) mass is 275 g/mol. The normalized spacial score (nSPS) is 12.5. The van der Waals surface area contributed by atoms with Gasteiger partial charge >= 0.3 is 0 Å². The van der Waals surface area contributed by atoms with Crippen molar-refractivity contribution in [1.29, 1.82) is 0 Å². The lowest BCUT2D eigenvalue weighted by Gasteiger charge is -2.12. The van der Waals surface area contributed by atoms with Crippen LogP contribution in [0.5, 0.6) is 0 Å². The molecule has 0 aliphatic carbocycles. The number of hydrogen-bond acceptors (Lipinski definition) is 4. The van der Waals surface area contributed by atoms with Crippen molar-refractivity contribution in [3.05, 3.63) is 39.4 Å². The number of nitro groups is 1. The summed E-state index contributed by atoms with van der Waals surface area (Å²) in [6.07, 6.45) is -1.14. The lowest BCUT2D eigenvalue weighted by molar-refractivity contribution is -0.385. The van der Waals surface area contributed by atoms with E-state index in [4.69, 9.17) is 4.74 Å². The summed E-state index contributed by atoms with van der Waals surface area (Å²) in [5.74, 6) is 0. The number of aliphatic hydroxyl groups is 1. The van der Waals surface area contributed by atoms with E-state index in [1.165, 1.54) is 19.2 Å². The Kier molecular flexibility index (Phi) is 4.19. The lowest BCUT2D eigenvalue weighted by atomic mass is 10.1. The topological polar surface area (TPSA) is 72.6 Å². The number of methoxy groups -OCH3 is 1. The number of rotatable bonds is 4. The molecule has 0 radical (unpaired) electrons. The number of aliphatic hydroxyl groups excluding tert-OH is 1. The summed E-state index contributed by atoms with van der Waals surface area (Å²) < 4.78 is 4.73. The highest BCUT2D eigenvalue weighted by molar-refractivity contribution is 9.08. The molecule has 0 aliphatic heterocycles. The third-order valence-corrected chi connectivity index (χ3v) is 2.58. The van der Waals surface area contributed by atoms with Crippen molar-refractivity contribution in [1.82, 2.24) is 0 Å². The van der Waals surface area contributed by atoms with Crippen LogP contribution in [-0.2, 0) is 10.1 Å². The number of hydrogen-bond donors (Lipinski definition) is 1. The smallest absolute Gasteiger partial charge is 0.269 e. The van der Waals surface area contributed by atoms with Crippen LogP contribution in [0, 0.1) is 10.1 Å². The summed E-state index contributed by atoms with van der Waals surface area (Å²) in [7, 11) is 1.33. The molecular weight excluding hydrogens is 266 g/mol. The molecular formula is C9H10BrNO4. The minimum Gasteiger partial charge on any atom is -0.364 e. The van der Waals surface area contributed by atoms with Crippen LogP contribution in [-0.4, -0.2) is 17.1 Å². The van der Waals surface area contributed by atoms with Crippen molar-refractivity contribution in [2.24, 2.45) is 0 Å². The first kappa shape index (κ1) is 12.1. The first-order valence-electron chi connectivity index (χ1n) is 4.14. The fourth-order valence-corrected chi connectivity index (χ4v) is 1.69. The van der Waals surface area contributed by atoms with E-state index in [9.17, 15) is 15.2 Å². The first-order chi connectivity index (χ1) is 7.10. The maximum Gasteiger partial charge on any atom is 0.269 e. The van der Waals surface area contributed by atoms with Crippen LogP contribution in [0.25, 0.3) is 0 Å². The van der Waals surface area contributed by atoms with Crippen molar-refractivity contribution < 1.29 is 14.8 Å². The molecule has 0 aromatic heterocycles. The average molecular weight is 276 g/mol. The van der Waals surface area contributed by atoms with E-state index in [2.05, 4.69) is 15.9 Å². The van der Waals surface area contributed by atoms with Crippen molar-refractivity contribution in [2.75, 3.05) is 7.11 Å². The molecule has 0 amide bonds. The number of halogens is 1. The van der Waals surface area contributed by atoms with Crippen LogP contribution in [0.1, 0.15) is 17.4 Å². The number of benzene rings is 1. The van der Waals surface area contributed by atoms with Gasteiger partial charge in [0.25, 0.3) is 5.69 Å². The molecule has 1 aromatic carbocycles. The van der Waals surface area contributed by atoms with Crippen molar-refractivity contribution in [3.63, 3.8) is 0 Å². The fraction of sp³-hybridized carbons (Fsp3) is 0.333. The minimum absolute atomic E-state index is 0.0641. The highest BCUT2D eigenvalue weighted by Crippen LogP contribution is 2.25. The van der Waals surface area contributed by atoms with E-state index < -0.39 is 11.2 Å². The third-order valence-electron chi connectivity index (χ3n) is 1.97. The highest BCUT2D eigenvalue weighted by atomic mass is 79.9. The van der Waals surface area contributed by atoms with Gasteiger partial charge in [-0.25, -0.2) is 0 Å². The summed E-state index contributed by atoms with van der Waals surface area (Å²) in [5, 5.41) is 20.5. The molecule has 0 fully saturated rings.